The van der Waals surface area contributed by atoms with Crippen molar-refractivity contribution in [3.8, 4) is 11.1 Å². The van der Waals surface area contributed by atoms with Crippen LogP contribution in [0.1, 0.15) is 37.4 Å². The van der Waals surface area contributed by atoms with Gasteiger partial charge in [-0.2, -0.15) is 0 Å². The molecular formula is C20H20N4O. The lowest BCUT2D eigenvalue weighted by Gasteiger charge is -2.23. The van der Waals surface area contributed by atoms with Gasteiger partial charge in [0.15, 0.2) is 0 Å². The summed E-state index contributed by atoms with van der Waals surface area (Å²) in [7, 11) is 0. The number of rotatable bonds is 3. The summed E-state index contributed by atoms with van der Waals surface area (Å²) in [5.41, 5.74) is 4.32. The van der Waals surface area contributed by atoms with Crippen molar-refractivity contribution in [1.82, 2.24) is 19.3 Å². The van der Waals surface area contributed by atoms with Gasteiger partial charge in [-0.15, -0.1) is 0 Å². The van der Waals surface area contributed by atoms with Gasteiger partial charge in [0, 0.05) is 36.6 Å². The molecule has 5 rings (SSSR count). The van der Waals surface area contributed by atoms with Crippen LogP contribution in [0.3, 0.4) is 0 Å². The molecule has 5 heteroatoms. The number of nitrogens with zero attached hydrogens (tertiary/aromatic N) is 4. The Balaban J connectivity index is 1.51. The molecule has 1 atom stereocenters. The normalized spacial score (nSPS) is 20.3. The highest BCUT2D eigenvalue weighted by atomic mass is 16.2. The van der Waals surface area contributed by atoms with Gasteiger partial charge in [0.05, 0.1) is 23.6 Å². The van der Waals surface area contributed by atoms with Crippen LogP contribution in [0.4, 0.5) is 0 Å². The van der Waals surface area contributed by atoms with E-state index in [1.165, 1.54) is 0 Å². The number of hydrogen-bond acceptors (Lipinski definition) is 3. The maximum Gasteiger partial charge on any atom is 0.226 e. The second kappa shape index (κ2) is 5.69. The molecule has 2 fully saturated rings. The molecular weight excluding hydrogens is 312 g/mol. The van der Waals surface area contributed by atoms with E-state index in [1.54, 1.807) is 6.20 Å². The summed E-state index contributed by atoms with van der Waals surface area (Å²) in [6, 6.07) is 8.35. The maximum atomic E-state index is 12.6. The first-order valence-electron chi connectivity index (χ1n) is 8.99. The van der Waals surface area contributed by atoms with Gasteiger partial charge in [-0.05, 0) is 43.4 Å². The average molecular weight is 332 g/mol. The van der Waals surface area contributed by atoms with Gasteiger partial charge in [0.1, 0.15) is 0 Å². The highest BCUT2D eigenvalue weighted by Crippen LogP contribution is 2.39. The molecule has 3 aromatic heterocycles. The third-order valence-electron chi connectivity index (χ3n) is 5.33. The van der Waals surface area contributed by atoms with Crippen molar-refractivity contribution in [3.63, 3.8) is 0 Å². The van der Waals surface area contributed by atoms with Crippen LogP contribution in [-0.4, -0.2) is 31.7 Å². The molecule has 126 valence electrons. The molecule has 25 heavy (non-hydrogen) atoms. The van der Waals surface area contributed by atoms with Crippen LogP contribution in [0, 0.1) is 5.92 Å². The molecule has 3 aromatic rings. The zero-order valence-corrected chi connectivity index (χ0v) is 14.0. The van der Waals surface area contributed by atoms with E-state index in [1.807, 2.05) is 18.6 Å². The van der Waals surface area contributed by atoms with Crippen molar-refractivity contribution < 1.29 is 4.79 Å². The number of hydrogen-bond donors (Lipinski definition) is 0. The highest BCUT2D eigenvalue weighted by molar-refractivity contribution is 5.82. The monoisotopic (exact) mass is 332 g/mol. The molecule has 4 heterocycles. The predicted octanol–water partition coefficient (Wildman–Crippen LogP) is 3.47. The Bertz CT molecular complexity index is 929. The van der Waals surface area contributed by atoms with Crippen LogP contribution in [0.15, 0.2) is 49.2 Å². The number of likely N-dealkylation sites (tertiary alicyclic amines) is 1. The minimum absolute atomic E-state index is 0.127. The van der Waals surface area contributed by atoms with Gasteiger partial charge >= 0.3 is 0 Å². The van der Waals surface area contributed by atoms with Crippen LogP contribution in [0.2, 0.25) is 0 Å². The average Bonchev–Trinajstić information content (AvgIpc) is 3.25. The Morgan fingerprint density at radius 3 is 2.84 bits per heavy atom. The minimum atomic E-state index is 0.127. The molecule has 1 unspecified atom stereocenters. The molecule has 5 nitrogen and oxygen atoms in total. The van der Waals surface area contributed by atoms with E-state index in [9.17, 15) is 4.79 Å². The minimum Gasteiger partial charge on any atom is -0.334 e. The maximum absolute atomic E-state index is 12.6. The van der Waals surface area contributed by atoms with E-state index in [4.69, 9.17) is 0 Å². The summed E-state index contributed by atoms with van der Waals surface area (Å²) in [6.45, 7) is 0.868. The van der Waals surface area contributed by atoms with Crippen LogP contribution in [-0.2, 0) is 4.79 Å². The first kappa shape index (κ1) is 14.6. The quantitative estimate of drug-likeness (QED) is 0.738. The van der Waals surface area contributed by atoms with Crippen LogP contribution >= 0.6 is 0 Å². The van der Waals surface area contributed by atoms with Gasteiger partial charge in [0.25, 0.3) is 0 Å². The summed E-state index contributed by atoms with van der Waals surface area (Å²) in [5.74, 6) is 0.599. The van der Waals surface area contributed by atoms with E-state index >= 15 is 0 Å². The van der Waals surface area contributed by atoms with Crippen LogP contribution < -0.4 is 0 Å². The van der Waals surface area contributed by atoms with Gasteiger partial charge in [0.2, 0.25) is 5.91 Å². The summed E-state index contributed by atoms with van der Waals surface area (Å²) < 4.78 is 2.07. The standard InChI is InChI=1S/C20H20N4O/c25-20(14-5-6-14)24-10-2-4-18(24)19-17-8-7-16(12-23(17)13-22-19)15-3-1-9-21-11-15/h1,3,7-9,11-14,18H,2,4-6,10H2. The lowest BCUT2D eigenvalue weighted by molar-refractivity contribution is -0.133. The molecule has 1 aliphatic carbocycles. The summed E-state index contributed by atoms with van der Waals surface area (Å²) in [6.07, 6.45) is 11.8. The molecule has 1 aliphatic heterocycles. The van der Waals surface area contributed by atoms with Crippen molar-refractivity contribution in [2.75, 3.05) is 6.54 Å². The van der Waals surface area contributed by atoms with E-state index in [0.717, 1.165) is 54.6 Å². The molecule has 1 saturated heterocycles. The fourth-order valence-corrected chi connectivity index (χ4v) is 3.86. The molecule has 0 spiro atoms. The third kappa shape index (κ3) is 2.51. The van der Waals surface area contributed by atoms with Crippen molar-refractivity contribution in [2.45, 2.75) is 31.7 Å². The Hall–Kier alpha value is -2.69. The number of aromatic nitrogens is 3. The molecule has 1 amide bonds. The number of carbonyl (C=O) groups excluding carboxylic acids is 1. The number of fused-ring (bicyclic) bond motifs is 1. The third-order valence-corrected chi connectivity index (χ3v) is 5.33. The number of imidazole rings is 1. The molecule has 2 aliphatic rings. The Kier molecular flexibility index (Phi) is 3.33. The van der Waals surface area contributed by atoms with Crippen molar-refractivity contribution in [3.05, 3.63) is 54.9 Å². The van der Waals surface area contributed by atoms with E-state index in [0.29, 0.717) is 5.91 Å². The Morgan fingerprint density at radius 2 is 2.04 bits per heavy atom. The summed E-state index contributed by atoms with van der Waals surface area (Å²) in [4.78, 5) is 23.5. The lowest BCUT2D eigenvalue weighted by Crippen LogP contribution is -2.31. The van der Waals surface area contributed by atoms with E-state index in [-0.39, 0.29) is 12.0 Å². The van der Waals surface area contributed by atoms with Crippen LogP contribution in [0.25, 0.3) is 16.6 Å². The van der Waals surface area contributed by atoms with Crippen molar-refractivity contribution in [2.24, 2.45) is 5.92 Å². The smallest absolute Gasteiger partial charge is 0.226 e. The second-order valence-corrected chi connectivity index (χ2v) is 7.05. The Labute approximate surface area is 146 Å². The molecule has 0 bridgehead atoms. The van der Waals surface area contributed by atoms with Gasteiger partial charge in [-0.3, -0.25) is 9.78 Å². The van der Waals surface area contributed by atoms with E-state index < -0.39 is 0 Å². The zero-order chi connectivity index (χ0) is 16.8. The first-order chi connectivity index (χ1) is 12.3. The topological polar surface area (TPSA) is 50.5 Å². The fourth-order valence-electron chi connectivity index (χ4n) is 3.86. The summed E-state index contributed by atoms with van der Waals surface area (Å²) >= 11 is 0. The van der Waals surface area contributed by atoms with Gasteiger partial charge < -0.3 is 9.30 Å². The van der Waals surface area contributed by atoms with Gasteiger partial charge in [-0.1, -0.05) is 12.1 Å². The largest absolute Gasteiger partial charge is 0.334 e. The first-order valence-corrected chi connectivity index (χ1v) is 8.99. The zero-order valence-electron chi connectivity index (χ0n) is 14.0. The number of amides is 1. The highest BCUT2D eigenvalue weighted by Gasteiger charge is 2.39. The number of carbonyl (C=O) groups is 1. The molecule has 1 saturated carbocycles. The number of pyridine rings is 2. The summed E-state index contributed by atoms with van der Waals surface area (Å²) in [5, 5.41) is 0. The predicted molar refractivity (Wildman–Crippen MR) is 94.8 cm³/mol. The Morgan fingerprint density at radius 1 is 1.12 bits per heavy atom. The SMILES string of the molecule is O=C(C1CC1)N1CCCC1c1ncn2cc(-c3cccnc3)ccc12. The fraction of sp³-hybridized carbons (Fsp3) is 0.350. The van der Waals surface area contributed by atoms with E-state index in [2.05, 4.69) is 43.7 Å². The second-order valence-electron chi connectivity index (χ2n) is 7.05. The van der Waals surface area contributed by atoms with Crippen molar-refractivity contribution in [1.29, 1.82) is 0 Å². The lowest BCUT2D eigenvalue weighted by atomic mass is 10.1. The molecule has 0 radical (unpaired) electrons. The molecule has 0 N–H and O–H groups in total. The van der Waals surface area contributed by atoms with Crippen molar-refractivity contribution >= 4 is 11.4 Å². The van der Waals surface area contributed by atoms with Crippen LogP contribution in [0.5, 0.6) is 0 Å². The van der Waals surface area contributed by atoms with Gasteiger partial charge in [-0.25, -0.2) is 4.98 Å². The molecule has 0 aromatic carbocycles.